The van der Waals surface area contributed by atoms with Gasteiger partial charge in [0.05, 0.1) is 6.04 Å². The minimum atomic E-state index is 0.134. The van der Waals surface area contributed by atoms with Gasteiger partial charge in [-0.1, -0.05) is 38.0 Å². The molecule has 1 aliphatic rings. The van der Waals surface area contributed by atoms with Gasteiger partial charge >= 0.3 is 0 Å². The van der Waals surface area contributed by atoms with Crippen LogP contribution in [0.5, 0.6) is 0 Å². The lowest BCUT2D eigenvalue weighted by atomic mass is 9.79. The lowest BCUT2D eigenvalue weighted by Crippen LogP contribution is -2.35. The monoisotopic (exact) mass is 272 g/mol. The van der Waals surface area contributed by atoms with Crippen LogP contribution >= 0.6 is 0 Å². The largest absolute Gasteiger partial charge is 0.459 e. The van der Waals surface area contributed by atoms with Gasteiger partial charge in [-0.2, -0.15) is 0 Å². The van der Waals surface area contributed by atoms with E-state index >= 15 is 0 Å². The summed E-state index contributed by atoms with van der Waals surface area (Å²) in [5.74, 6) is 8.23. The van der Waals surface area contributed by atoms with Crippen LogP contribution in [0.1, 0.15) is 50.0 Å². The Hall–Kier alpha value is -1.32. The van der Waals surface area contributed by atoms with E-state index < -0.39 is 0 Å². The summed E-state index contributed by atoms with van der Waals surface area (Å²) in [6.07, 6.45) is 5.04. The number of fused-ring (bicyclic) bond motifs is 1. The summed E-state index contributed by atoms with van der Waals surface area (Å²) in [6.45, 7) is 4.43. The van der Waals surface area contributed by atoms with Gasteiger partial charge in [0.1, 0.15) is 11.3 Å². The van der Waals surface area contributed by atoms with Crippen LogP contribution in [0, 0.1) is 18.8 Å². The van der Waals surface area contributed by atoms with Gasteiger partial charge in [-0.3, -0.25) is 5.84 Å². The number of hydrogen-bond acceptors (Lipinski definition) is 3. The number of furan rings is 1. The Balaban J connectivity index is 1.89. The fourth-order valence-electron chi connectivity index (χ4n) is 3.45. The Bertz CT molecular complexity index is 582. The van der Waals surface area contributed by atoms with Crippen molar-refractivity contribution in [3.8, 4) is 0 Å². The normalized spacial score (nSPS) is 24.9. The summed E-state index contributed by atoms with van der Waals surface area (Å²) >= 11 is 0. The number of hydrogen-bond donors (Lipinski definition) is 2. The van der Waals surface area contributed by atoms with Crippen molar-refractivity contribution in [3.05, 3.63) is 35.6 Å². The molecule has 3 heteroatoms. The Morgan fingerprint density at radius 3 is 2.65 bits per heavy atom. The van der Waals surface area contributed by atoms with Gasteiger partial charge in [0.25, 0.3) is 0 Å². The molecule has 0 radical (unpaired) electrons. The Morgan fingerprint density at radius 1 is 1.25 bits per heavy atom. The quantitative estimate of drug-likeness (QED) is 0.654. The second kappa shape index (κ2) is 5.58. The lowest BCUT2D eigenvalue weighted by Gasteiger charge is -2.31. The number of para-hydroxylation sites is 1. The van der Waals surface area contributed by atoms with Crippen molar-refractivity contribution < 1.29 is 4.42 Å². The summed E-state index contributed by atoms with van der Waals surface area (Å²) < 4.78 is 6.09. The van der Waals surface area contributed by atoms with Crippen molar-refractivity contribution in [1.82, 2.24) is 5.43 Å². The molecular weight excluding hydrogens is 248 g/mol. The van der Waals surface area contributed by atoms with E-state index in [4.69, 9.17) is 10.3 Å². The SMILES string of the molecule is Cc1cccc2cc(C(NN)C3CCC(C)CC3)oc12. The molecule has 3 N–H and O–H groups in total. The molecule has 1 heterocycles. The van der Waals surface area contributed by atoms with Crippen LogP contribution in [0.15, 0.2) is 28.7 Å². The summed E-state index contributed by atoms with van der Waals surface area (Å²) in [6, 6.07) is 8.54. The third-order valence-electron chi connectivity index (χ3n) is 4.78. The average Bonchev–Trinajstić information content (AvgIpc) is 2.87. The Morgan fingerprint density at radius 2 is 2.00 bits per heavy atom. The third kappa shape index (κ3) is 2.48. The zero-order chi connectivity index (χ0) is 14.1. The van der Waals surface area contributed by atoms with Gasteiger partial charge in [-0.05, 0) is 43.2 Å². The predicted octanol–water partition coefficient (Wildman–Crippen LogP) is 4.07. The van der Waals surface area contributed by atoms with Crippen LogP contribution in [0.25, 0.3) is 11.0 Å². The first-order valence-corrected chi connectivity index (χ1v) is 7.64. The molecule has 0 amide bonds. The van der Waals surface area contributed by atoms with Crippen molar-refractivity contribution in [2.24, 2.45) is 17.7 Å². The highest BCUT2D eigenvalue weighted by Gasteiger charge is 2.28. The van der Waals surface area contributed by atoms with Crippen molar-refractivity contribution in [1.29, 1.82) is 0 Å². The molecule has 1 unspecified atom stereocenters. The minimum absolute atomic E-state index is 0.134. The summed E-state index contributed by atoms with van der Waals surface area (Å²) in [7, 11) is 0. The van der Waals surface area contributed by atoms with Crippen molar-refractivity contribution in [2.45, 2.75) is 45.6 Å². The molecule has 0 aliphatic heterocycles. The van der Waals surface area contributed by atoms with Gasteiger partial charge < -0.3 is 4.42 Å². The van der Waals surface area contributed by atoms with E-state index in [2.05, 4.69) is 43.5 Å². The van der Waals surface area contributed by atoms with E-state index in [9.17, 15) is 0 Å². The second-order valence-corrected chi connectivity index (χ2v) is 6.31. The number of hydrazine groups is 1. The van der Waals surface area contributed by atoms with Gasteiger partial charge in [0.2, 0.25) is 0 Å². The average molecular weight is 272 g/mol. The molecule has 0 saturated heterocycles. The number of aryl methyl sites for hydroxylation is 1. The number of rotatable bonds is 3. The first kappa shape index (κ1) is 13.7. The molecule has 108 valence electrons. The molecule has 3 nitrogen and oxygen atoms in total. The highest BCUT2D eigenvalue weighted by atomic mass is 16.3. The van der Waals surface area contributed by atoms with E-state index in [1.807, 2.05) is 0 Å². The zero-order valence-electron chi connectivity index (χ0n) is 12.4. The Kier molecular flexibility index (Phi) is 3.81. The molecule has 1 aromatic heterocycles. The highest BCUT2D eigenvalue weighted by Crippen LogP contribution is 2.38. The maximum atomic E-state index is 6.09. The summed E-state index contributed by atoms with van der Waals surface area (Å²) in [5.41, 5.74) is 5.16. The molecule has 1 saturated carbocycles. The molecule has 20 heavy (non-hydrogen) atoms. The lowest BCUT2D eigenvalue weighted by molar-refractivity contribution is 0.215. The van der Waals surface area contributed by atoms with Crippen molar-refractivity contribution in [2.75, 3.05) is 0 Å². The number of nitrogens with one attached hydrogen (secondary N) is 1. The number of nitrogens with two attached hydrogens (primary N) is 1. The molecular formula is C17H24N2O. The van der Waals surface area contributed by atoms with Gasteiger partial charge in [0, 0.05) is 5.39 Å². The fourth-order valence-corrected chi connectivity index (χ4v) is 3.45. The molecule has 0 bridgehead atoms. The molecule has 2 aromatic rings. The van der Waals surface area contributed by atoms with Gasteiger partial charge in [-0.15, -0.1) is 0 Å². The second-order valence-electron chi connectivity index (χ2n) is 6.31. The van der Waals surface area contributed by atoms with Crippen LogP contribution in [0.4, 0.5) is 0 Å². The topological polar surface area (TPSA) is 51.2 Å². The maximum absolute atomic E-state index is 6.09. The number of benzene rings is 1. The van der Waals surface area contributed by atoms with Gasteiger partial charge in [-0.25, -0.2) is 5.43 Å². The maximum Gasteiger partial charge on any atom is 0.137 e. The van der Waals surface area contributed by atoms with Gasteiger partial charge in [0.15, 0.2) is 0 Å². The van der Waals surface area contributed by atoms with Crippen molar-refractivity contribution in [3.63, 3.8) is 0 Å². The minimum Gasteiger partial charge on any atom is -0.459 e. The summed E-state index contributed by atoms with van der Waals surface area (Å²) in [5, 5.41) is 1.17. The molecule has 1 atom stereocenters. The van der Waals surface area contributed by atoms with E-state index in [-0.39, 0.29) is 6.04 Å². The van der Waals surface area contributed by atoms with Crippen LogP contribution < -0.4 is 11.3 Å². The van der Waals surface area contributed by atoms with E-state index in [1.165, 1.54) is 36.6 Å². The van der Waals surface area contributed by atoms with Crippen LogP contribution in [-0.2, 0) is 0 Å². The fraction of sp³-hybridized carbons (Fsp3) is 0.529. The van der Waals surface area contributed by atoms with Crippen molar-refractivity contribution >= 4 is 11.0 Å². The first-order chi connectivity index (χ1) is 9.69. The van der Waals surface area contributed by atoms with E-state index in [0.29, 0.717) is 5.92 Å². The highest BCUT2D eigenvalue weighted by molar-refractivity contribution is 5.81. The zero-order valence-corrected chi connectivity index (χ0v) is 12.4. The Labute approximate surface area is 120 Å². The smallest absolute Gasteiger partial charge is 0.137 e. The standard InChI is InChI=1S/C17H24N2O/c1-11-6-8-13(9-7-11)16(19-18)15-10-14-5-3-4-12(2)17(14)20-15/h3-5,10-11,13,16,19H,6-9,18H2,1-2H3. The molecule has 1 aromatic carbocycles. The third-order valence-corrected chi connectivity index (χ3v) is 4.78. The van der Waals surface area contributed by atoms with E-state index in [0.717, 1.165) is 17.3 Å². The van der Waals surface area contributed by atoms with Crippen LogP contribution in [0.2, 0.25) is 0 Å². The first-order valence-electron chi connectivity index (χ1n) is 7.64. The van der Waals surface area contributed by atoms with E-state index in [1.54, 1.807) is 0 Å². The summed E-state index contributed by atoms with van der Waals surface area (Å²) in [4.78, 5) is 0. The van der Waals surface area contributed by atoms with Crippen LogP contribution in [0.3, 0.4) is 0 Å². The molecule has 0 spiro atoms. The predicted molar refractivity (Wildman–Crippen MR) is 82.1 cm³/mol. The molecule has 1 aliphatic carbocycles. The molecule has 3 rings (SSSR count). The molecule has 1 fully saturated rings. The van der Waals surface area contributed by atoms with Crippen LogP contribution in [-0.4, -0.2) is 0 Å².